The molecule has 0 aromatic heterocycles. The average Bonchev–Trinajstić information content (AvgIpc) is 3.12. The summed E-state index contributed by atoms with van der Waals surface area (Å²) in [5.41, 5.74) is 4.31. The van der Waals surface area contributed by atoms with Crippen LogP contribution in [0.3, 0.4) is 0 Å². The lowest BCUT2D eigenvalue weighted by Crippen LogP contribution is -2.35. The van der Waals surface area contributed by atoms with Gasteiger partial charge in [-0.2, -0.15) is 0 Å². The molecule has 0 radical (unpaired) electrons. The number of rotatable bonds is 7. The zero-order valence-corrected chi connectivity index (χ0v) is 17.6. The first-order valence-electron chi connectivity index (χ1n) is 10.0. The number of ether oxygens (including phenoxy) is 2. The molecule has 2 N–H and O–H groups in total. The van der Waals surface area contributed by atoms with Gasteiger partial charge in [0.15, 0.2) is 11.5 Å². The number of nitrogens with one attached hydrogen (secondary N) is 1. The molecule has 0 aliphatic carbocycles. The van der Waals surface area contributed by atoms with Crippen molar-refractivity contribution in [2.45, 2.75) is 6.61 Å². The van der Waals surface area contributed by atoms with Gasteiger partial charge < -0.3 is 14.6 Å². The Morgan fingerprint density at radius 1 is 1.03 bits per heavy atom. The summed E-state index contributed by atoms with van der Waals surface area (Å²) in [6, 6.07) is 20.3. The van der Waals surface area contributed by atoms with E-state index in [0.29, 0.717) is 28.3 Å². The van der Waals surface area contributed by atoms with E-state index in [-0.39, 0.29) is 17.7 Å². The summed E-state index contributed by atoms with van der Waals surface area (Å²) in [5.74, 6) is -1.33. The Morgan fingerprint density at radius 2 is 1.79 bits per heavy atom. The van der Waals surface area contributed by atoms with E-state index in [4.69, 9.17) is 9.47 Å². The van der Waals surface area contributed by atoms with E-state index < -0.39 is 17.8 Å². The summed E-state index contributed by atoms with van der Waals surface area (Å²) in [6.45, 7) is 0.0634. The van der Waals surface area contributed by atoms with Crippen LogP contribution in [-0.4, -0.2) is 30.0 Å². The lowest BCUT2D eigenvalue weighted by atomic mass is 10.1. The van der Waals surface area contributed by atoms with Crippen LogP contribution in [0.4, 0.5) is 5.69 Å². The van der Waals surface area contributed by atoms with Crippen molar-refractivity contribution in [3.63, 3.8) is 0 Å². The maximum absolute atomic E-state index is 12.9. The normalized spacial score (nSPS) is 14.3. The summed E-state index contributed by atoms with van der Waals surface area (Å²) < 4.78 is 11.4. The number of carbonyl (C=O) groups is 3. The molecular formula is C25H20N2O6. The molecule has 0 saturated carbocycles. The number of benzene rings is 3. The molecule has 1 heterocycles. The Labute approximate surface area is 189 Å². The number of anilines is 1. The number of hydrogen-bond donors (Lipinski definition) is 2. The summed E-state index contributed by atoms with van der Waals surface area (Å²) in [6.07, 6.45) is 1.45. The maximum Gasteiger partial charge on any atom is 0.335 e. The molecule has 1 fully saturated rings. The summed E-state index contributed by atoms with van der Waals surface area (Å²) >= 11 is 0. The Kier molecular flexibility index (Phi) is 6.08. The van der Waals surface area contributed by atoms with Crippen molar-refractivity contribution < 1.29 is 29.0 Å². The molecule has 8 nitrogen and oxygen atoms in total. The Balaban J connectivity index is 1.64. The fourth-order valence-corrected chi connectivity index (χ4v) is 3.38. The quantitative estimate of drug-likeness (QED) is 0.427. The van der Waals surface area contributed by atoms with Gasteiger partial charge in [0, 0.05) is 5.56 Å². The minimum Gasteiger partial charge on any atom is -0.493 e. The summed E-state index contributed by atoms with van der Waals surface area (Å²) in [7, 11) is 1.48. The second-order valence-electron chi connectivity index (χ2n) is 7.15. The van der Waals surface area contributed by atoms with Gasteiger partial charge >= 0.3 is 5.97 Å². The molecule has 0 bridgehead atoms. The van der Waals surface area contributed by atoms with E-state index in [1.54, 1.807) is 54.6 Å². The number of carbonyl (C=O) groups excluding carboxylic acids is 2. The molecule has 0 spiro atoms. The third-order valence-electron chi connectivity index (χ3n) is 4.99. The van der Waals surface area contributed by atoms with Crippen molar-refractivity contribution in [3.05, 3.63) is 95.1 Å². The number of methoxy groups -OCH3 is 1. The van der Waals surface area contributed by atoms with Gasteiger partial charge in [-0.15, -0.1) is 0 Å². The van der Waals surface area contributed by atoms with Gasteiger partial charge in [0.05, 0.1) is 18.4 Å². The molecule has 8 heteroatoms. The molecule has 3 aromatic carbocycles. The van der Waals surface area contributed by atoms with Gasteiger partial charge in [-0.25, -0.2) is 9.80 Å². The van der Waals surface area contributed by atoms with Crippen LogP contribution in [0.15, 0.2) is 78.4 Å². The predicted molar refractivity (Wildman–Crippen MR) is 121 cm³/mol. The van der Waals surface area contributed by atoms with Gasteiger partial charge in [-0.3, -0.25) is 15.0 Å². The van der Waals surface area contributed by atoms with Gasteiger partial charge in [0.25, 0.3) is 11.8 Å². The number of carboxylic acid groups (broad SMARTS) is 1. The zero-order valence-electron chi connectivity index (χ0n) is 17.6. The summed E-state index contributed by atoms with van der Waals surface area (Å²) in [5, 5.41) is 10.4. The van der Waals surface area contributed by atoms with Gasteiger partial charge in [-0.1, -0.05) is 42.5 Å². The van der Waals surface area contributed by atoms with Crippen LogP contribution in [0.5, 0.6) is 11.5 Å². The van der Waals surface area contributed by atoms with Crippen molar-refractivity contribution >= 4 is 29.5 Å². The van der Waals surface area contributed by atoms with Crippen molar-refractivity contribution in [2.24, 2.45) is 0 Å². The highest BCUT2D eigenvalue weighted by atomic mass is 16.5. The molecule has 3 aromatic rings. The number of nitrogens with zero attached hydrogens (tertiary/aromatic N) is 1. The lowest BCUT2D eigenvalue weighted by molar-refractivity contribution is -0.117. The fraction of sp³-hybridized carbons (Fsp3) is 0.0800. The minimum absolute atomic E-state index is 0.0511. The van der Waals surface area contributed by atoms with Crippen molar-refractivity contribution in [1.29, 1.82) is 0 Å². The Hall–Kier alpha value is -4.59. The highest BCUT2D eigenvalue weighted by molar-refractivity contribution is 6.31. The number of para-hydroxylation sites is 2. The second kappa shape index (κ2) is 9.27. The van der Waals surface area contributed by atoms with Crippen LogP contribution in [0, 0.1) is 0 Å². The second-order valence-corrected chi connectivity index (χ2v) is 7.15. The molecule has 166 valence electrons. The molecule has 2 amide bonds. The molecule has 1 aliphatic heterocycles. The highest BCUT2D eigenvalue weighted by Gasteiger charge is 2.34. The number of carboxylic acids is 1. The number of hydrazine groups is 1. The smallest absolute Gasteiger partial charge is 0.335 e. The molecule has 33 heavy (non-hydrogen) atoms. The third-order valence-corrected chi connectivity index (χ3v) is 4.99. The van der Waals surface area contributed by atoms with Crippen LogP contribution in [-0.2, 0) is 16.2 Å². The molecular weight excluding hydrogens is 424 g/mol. The Morgan fingerprint density at radius 3 is 2.52 bits per heavy atom. The number of hydrogen-bond acceptors (Lipinski definition) is 5. The van der Waals surface area contributed by atoms with Gasteiger partial charge in [0.2, 0.25) is 0 Å². The van der Waals surface area contributed by atoms with Crippen LogP contribution in [0.2, 0.25) is 0 Å². The van der Waals surface area contributed by atoms with E-state index in [1.807, 2.05) is 6.07 Å². The van der Waals surface area contributed by atoms with E-state index >= 15 is 0 Å². The fourth-order valence-electron chi connectivity index (χ4n) is 3.38. The van der Waals surface area contributed by atoms with Crippen molar-refractivity contribution in [1.82, 2.24) is 5.43 Å². The van der Waals surface area contributed by atoms with Crippen LogP contribution < -0.4 is 19.9 Å². The third kappa shape index (κ3) is 4.54. The largest absolute Gasteiger partial charge is 0.493 e. The van der Waals surface area contributed by atoms with Crippen molar-refractivity contribution in [2.75, 3.05) is 12.1 Å². The lowest BCUT2D eigenvalue weighted by Gasteiger charge is -2.14. The molecule has 4 rings (SSSR count). The molecule has 1 saturated heterocycles. The Bertz CT molecular complexity index is 1250. The van der Waals surface area contributed by atoms with E-state index in [0.717, 1.165) is 0 Å². The molecule has 0 unspecified atom stereocenters. The standard InChI is InChI=1S/C25H20N2O6/c1-32-21-12-6-8-17(22(21)33-15-16-7-5-9-18(13-16)25(30)31)14-20-23(28)26-27(24(20)29)19-10-3-2-4-11-19/h2-14H,15H2,1H3,(H,26,28)(H,30,31). The van der Waals surface area contributed by atoms with Gasteiger partial charge in [-0.05, 0) is 42.0 Å². The average molecular weight is 444 g/mol. The van der Waals surface area contributed by atoms with Crippen LogP contribution in [0.25, 0.3) is 6.08 Å². The number of aromatic carboxylic acids is 1. The van der Waals surface area contributed by atoms with Crippen LogP contribution >= 0.6 is 0 Å². The molecule has 0 atom stereocenters. The maximum atomic E-state index is 12.9. The van der Waals surface area contributed by atoms with Gasteiger partial charge in [0.1, 0.15) is 12.2 Å². The molecule has 1 aliphatic rings. The topological polar surface area (TPSA) is 105 Å². The zero-order chi connectivity index (χ0) is 23.4. The summed E-state index contributed by atoms with van der Waals surface area (Å²) in [4.78, 5) is 36.7. The van der Waals surface area contributed by atoms with E-state index in [1.165, 1.54) is 30.3 Å². The predicted octanol–water partition coefficient (Wildman–Crippen LogP) is 3.43. The number of amides is 2. The first kappa shape index (κ1) is 21.6. The SMILES string of the molecule is COc1cccc(C=C2C(=O)NN(c3ccccc3)C2=O)c1OCc1cccc(C(=O)O)c1. The highest BCUT2D eigenvalue weighted by Crippen LogP contribution is 2.34. The monoisotopic (exact) mass is 444 g/mol. The van der Waals surface area contributed by atoms with E-state index in [2.05, 4.69) is 5.43 Å². The minimum atomic E-state index is -1.03. The first-order chi connectivity index (χ1) is 16.0. The van der Waals surface area contributed by atoms with E-state index in [9.17, 15) is 19.5 Å². The first-order valence-corrected chi connectivity index (χ1v) is 10.0. The van der Waals surface area contributed by atoms with Crippen molar-refractivity contribution in [3.8, 4) is 11.5 Å². The van der Waals surface area contributed by atoms with Crippen LogP contribution in [0.1, 0.15) is 21.5 Å².